The summed E-state index contributed by atoms with van der Waals surface area (Å²) in [5, 5.41) is 9.65. The molecule has 0 aromatic heterocycles. The van der Waals surface area contributed by atoms with Gasteiger partial charge in [-0.3, -0.25) is 4.79 Å². The average Bonchev–Trinajstić information content (AvgIpc) is 2.29. The van der Waals surface area contributed by atoms with Crippen LogP contribution in [-0.4, -0.2) is 24.5 Å². The molecule has 0 saturated heterocycles. The Hall–Kier alpha value is -2.10. The summed E-state index contributed by atoms with van der Waals surface area (Å²) in [5.41, 5.74) is 1.21. The second-order valence-electron chi connectivity index (χ2n) is 3.21. The number of esters is 1. The van der Waals surface area contributed by atoms with E-state index in [1.54, 1.807) is 6.92 Å². The highest BCUT2D eigenvalue weighted by Gasteiger charge is 2.20. The number of carbonyl (C=O) groups is 2. The SMILES string of the molecule is C=Cc1cc(O)c(C(=O)OC)c(C=O)c1C. The second kappa shape index (κ2) is 4.61. The molecule has 1 aromatic carbocycles. The molecule has 84 valence electrons. The van der Waals surface area contributed by atoms with Gasteiger partial charge < -0.3 is 9.84 Å². The molecule has 4 heteroatoms. The van der Waals surface area contributed by atoms with Crippen molar-refractivity contribution in [3.05, 3.63) is 34.9 Å². The van der Waals surface area contributed by atoms with Crippen LogP contribution in [0.3, 0.4) is 0 Å². The Balaban J connectivity index is 3.61. The van der Waals surface area contributed by atoms with Gasteiger partial charge in [-0.05, 0) is 24.1 Å². The van der Waals surface area contributed by atoms with Crippen molar-refractivity contribution < 1.29 is 19.4 Å². The molecule has 0 spiro atoms. The first-order chi connectivity index (χ1) is 7.56. The van der Waals surface area contributed by atoms with Gasteiger partial charge >= 0.3 is 5.97 Å². The minimum Gasteiger partial charge on any atom is -0.507 e. The summed E-state index contributed by atoms with van der Waals surface area (Å²) in [4.78, 5) is 22.3. The molecule has 1 N–H and O–H groups in total. The van der Waals surface area contributed by atoms with Crippen LogP contribution >= 0.6 is 0 Å². The maximum Gasteiger partial charge on any atom is 0.342 e. The molecule has 16 heavy (non-hydrogen) atoms. The summed E-state index contributed by atoms with van der Waals surface area (Å²) in [6.07, 6.45) is 2.03. The van der Waals surface area contributed by atoms with E-state index in [1.165, 1.54) is 19.3 Å². The lowest BCUT2D eigenvalue weighted by molar-refractivity contribution is 0.0595. The first kappa shape index (κ1) is 12.0. The number of aldehydes is 1. The Morgan fingerprint density at radius 3 is 2.62 bits per heavy atom. The zero-order chi connectivity index (χ0) is 12.3. The van der Waals surface area contributed by atoms with E-state index in [1.807, 2.05) is 0 Å². The second-order valence-corrected chi connectivity index (χ2v) is 3.21. The zero-order valence-electron chi connectivity index (χ0n) is 9.11. The summed E-state index contributed by atoms with van der Waals surface area (Å²) in [7, 11) is 1.19. The van der Waals surface area contributed by atoms with Crippen LogP contribution in [-0.2, 0) is 4.74 Å². The van der Waals surface area contributed by atoms with Crippen LogP contribution in [0.5, 0.6) is 5.75 Å². The third-order valence-corrected chi connectivity index (χ3v) is 2.38. The van der Waals surface area contributed by atoms with E-state index >= 15 is 0 Å². The minimum atomic E-state index is -0.738. The third kappa shape index (κ3) is 1.82. The van der Waals surface area contributed by atoms with Crippen LogP contribution in [0, 0.1) is 6.92 Å². The summed E-state index contributed by atoms with van der Waals surface area (Å²) in [6, 6.07) is 1.38. The van der Waals surface area contributed by atoms with Gasteiger partial charge in [0.15, 0.2) is 6.29 Å². The molecule has 0 atom stereocenters. The van der Waals surface area contributed by atoms with Crippen LogP contribution in [0.15, 0.2) is 12.6 Å². The summed E-state index contributed by atoms with van der Waals surface area (Å²) < 4.78 is 4.50. The lowest BCUT2D eigenvalue weighted by Crippen LogP contribution is -2.08. The Kier molecular flexibility index (Phi) is 3.45. The number of rotatable bonds is 3. The predicted molar refractivity (Wildman–Crippen MR) is 59.7 cm³/mol. The van der Waals surface area contributed by atoms with Gasteiger partial charge in [0.1, 0.15) is 11.3 Å². The predicted octanol–water partition coefficient (Wildman–Crippen LogP) is 1.94. The lowest BCUT2D eigenvalue weighted by atomic mass is 9.96. The summed E-state index contributed by atoms with van der Waals surface area (Å²) in [6.45, 7) is 5.23. The Morgan fingerprint density at radius 2 is 2.19 bits per heavy atom. The van der Waals surface area contributed by atoms with E-state index in [0.29, 0.717) is 17.4 Å². The quantitative estimate of drug-likeness (QED) is 0.624. The normalized spacial score (nSPS) is 9.62. The molecule has 0 aliphatic rings. The number of phenolic OH excluding ortho intramolecular Hbond substituents is 1. The molecule has 0 fully saturated rings. The Bertz CT molecular complexity index is 461. The van der Waals surface area contributed by atoms with Crippen molar-refractivity contribution >= 4 is 18.3 Å². The van der Waals surface area contributed by atoms with E-state index in [2.05, 4.69) is 11.3 Å². The Labute approximate surface area is 93.2 Å². The molecule has 0 aliphatic carbocycles. The molecule has 0 radical (unpaired) electrons. The molecule has 1 aromatic rings. The van der Waals surface area contributed by atoms with E-state index in [0.717, 1.165) is 0 Å². The van der Waals surface area contributed by atoms with E-state index < -0.39 is 5.97 Å². The number of ether oxygens (including phenoxy) is 1. The number of hydrogen-bond donors (Lipinski definition) is 1. The number of methoxy groups -OCH3 is 1. The number of hydrogen-bond acceptors (Lipinski definition) is 4. The van der Waals surface area contributed by atoms with Crippen molar-refractivity contribution in [3.63, 3.8) is 0 Å². The number of phenols is 1. The van der Waals surface area contributed by atoms with Gasteiger partial charge in [-0.25, -0.2) is 4.79 Å². The van der Waals surface area contributed by atoms with Crippen LogP contribution in [0.25, 0.3) is 6.08 Å². The summed E-state index contributed by atoms with van der Waals surface area (Å²) >= 11 is 0. The van der Waals surface area contributed by atoms with Crippen molar-refractivity contribution in [2.75, 3.05) is 7.11 Å². The van der Waals surface area contributed by atoms with Crippen molar-refractivity contribution in [2.45, 2.75) is 6.92 Å². The van der Waals surface area contributed by atoms with Crippen LogP contribution in [0.4, 0.5) is 0 Å². The van der Waals surface area contributed by atoms with Gasteiger partial charge in [0.25, 0.3) is 0 Å². The van der Waals surface area contributed by atoms with Crippen molar-refractivity contribution in [3.8, 4) is 5.75 Å². The van der Waals surface area contributed by atoms with Crippen LogP contribution in [0.2, 0.25) is 0 Å². The fraction of sp³-hybridized carbons (Fsp3) is 0.167. The van der Waals surface area contributed by atoms with Crippen molar-refractivity contribution in [2.24, 2.45) is 0 Å². The highest BCUT2D eigenvalue weighted by molar-refractivity contribution is 6.02. The lowest BCUT2D eigenvalue weighted by Gasteiger charge is -2.10. The molecule has 0 saturated carbocycles. The number of benzene rings is 1. The first-order valence-electron chi connectivity index (χ1n) is 4.59. The van der Waals surface area contributed by atoms with Crippen LogP contribution in [0.1, 0.15) is 31.8 Å². The van der Waals surface area contributed by atoms with Crippen molar-refractivity contribution in [1.29, 1.82) is 0 Å². The molecule has 1 rings (SSSR count). The van der Waals surface area contributed by atoms with E-state index in [9.17, 15) is 14.7 Å². The van der Waals surface area contributed by atoms with Gasteiger partial charge in [0, 0.05) is 5.56 Å². The zero-order valence-corrected chi connectivity index (χ0v) is 9.11. The van der Waals surface area contributed by atoms with Gasteiger partial charge in [0.05, 0.1) is 7.11 Å². The van der Waals surface area contributed by atoms with Gasteiger partial charge in [-0.15, -0.1) is 0 Å². The molecule has 0 aliphatic heterocycles. The fourth-order valence-corrected chi connectivity index (χ4v) is 1.48. The minimum absolute atomic E-state index is 0.111. The first-order valence-corrected chi connectivity index (χ1v) is 4.59. The summed E-state index contributed by atoms with van der Waals surface area (Å²) in [5.74, 6) is -1.02. The highest BCUT2D eigenvalue weighted by atomic mass is 16.5. The van der Waals surface area contributed by atoms with Gasteiger partial charge in [0.2, 0.25) is 0 Å². The van der Waals surface area contributed by atoms with Gasteiger partial charge in [-0.1, -0.05) is 12.7 Å². The molecule has 0 unspecified atom stereocenters. The molecular weight excluding hydrogens is 208 g/mol. The third-order valence-electron chi connectivity index (χ3n) is 2.38. The molecule has 0 heterocycles. The molecule has 0 bridgehead atoms. The monoisotopic (exact) mass is 220 g/mol. The van der Waals surface area contributed by atoms with Crippen LogP contribution < -0.4 is 0 Å². The van der Waals surface area contributed by atoms with Gasteiger partial charge in [-0.2, -0.15) is 0 Å². The maximum atomic E-state index is 11.4. The number of carbonyl (C=O) groups excluding carboxylic acids is 2. The van der Waals surface area contributed by atoms with E-state index in [-0.39, 0.29) is 16.9 Å². The molecule has 4 nitrogen and oxygen atoms in total. The smallest absolute Gasteiger partial charge is 0.342 e. The standard InChI is InChI=1S/C12H12O4/c1-4-8-5-10(14)11(12(15)16-3)9(6-13)7(8)2/h4-6,14H,1H2,2-3H3. The number of aromatic hydroxyl groups is 1. The molecular formula is C12H12O4. The van der Waals surface area contributed by atoms with E-state index in [4.69, 9.17) is 0 Å². The highest BCUT2D eigenvalue weighted by Crippen LogP contribution is 2.28. The average molecular weight is 220 g/mol. The fourth-order valence-electron chi connectivity index (χ4n) is 1.48. The Morgan fingerprint density at radius 1 is 1.56 bits per heavy atom. The maximum absolute atomic E-state index is 11.4. The topological polar surface area (TPSA) is 63.6 Å². The van der Waals surface area contributed by atoms with Crippen molar-refractivity contribution in [1.82, 2.24) is 0 Å². The molecule has 0 amide bonds. The largest absolute Gasteiger partial charge is 0.507 e.